The molecule has 4 heterocycles. The topological polar surface area (TPSA) is 35.9 Å². The molecule has 0 unspecified atom stereocenters. The number of ether oxygens (including phenoxy) is 1. The molecule has 0 fully saturated rings. The van der Waals surface area contributed by atoms with E-state index in [0.717, 1.165) is 66.7 Å². The van der Waals surface area contributed by atoms with Gasteiger partial charge in [-0.25, -0.2) is 4.98 Å². The Morgan fingerprint density at radius 3 is 1.75 bits per heavy atom. The molecule has 0 spiro atoms. The van der Waals surface area contributed by atoms with Crippen LogP contribution >= 0.6 is 0 Å². The van der Waals surface area contributed by atoms with Gasteiger partial charge in [-0.1, -0.05) is 204 Å². The zero-order chi connectivity index (χ0) is 52.3. The number of benzene rings is 8. The predicted molar refractivity (Wildman–Crippen MR) is 310 cm³/mol. The van der Waals surface area contributed by atoms with Gasteiger partial charge in [0.25, 0.3) is 6.33 Å². The minimum absolute atomic E-state index is 0. The summed E-state index contributed by atoms with van der Waals surface area (Å²) in [6, 6.07) is 67.2. The molecule has 0 aliphatic carbocycles. The van der Waals surface area contributed by atoms with Crippen molar-refractivity contribution in [2.24, 2.45) is 0 Å². The van der Waals surface area contributed by atoms with E-state index in [1.165, 1.54) is 50.1 Å². The molecule has 0 saturated carbocycles. The maximum absolute atomic E-state index is 6.81. The van der Waals surface area contributed by atoms with Gasteiger partial charge in [0, 0.05) is 44.3 Å². The maximum Gasteiger partial charge on any atom is 0.268 e. The summed E-state index contributed by atoms with van der Waals surface area (Å²) in [6.45, 7) is 27.5. The van der Waals surface area contributed by atoms with Crippen molar-refractivity contribution in [2.75, 3.05) is 0 Å². The molecule has 0 N–H and O–H groups in total. The molecule has 0 radical (unpaired) electrons. The third kappa shape index (κ3) is 8.81. The summed E-state index contributed by atoms with van der Waals surface area (Å²) in [5.74, 6) is 2.00. The van der Waals surface area contributed by atoms with Crippen LogP contribution in [0.25, 0.3) is 94.5 Å². The fraction of sp³-hybridized carbons (Fsp3) is 0.229. The summed E-state index contributed by atoms with van der Waals surface area (Å²) in [5.41, 5.74) is 20.1. The number of hydrogen-bond donors (Lipinski definition) is 0. The van der Waals surface area contributed by atoms with Crippen LogP contribution in [0.3, 0.4) is 0 Å². The summed E-state index contributed by atoms with van der Waals surface area (Å²) < 4.78 is 13.5. The Hall–Kier alpha value is -7.33. The second-order valence-electron chi connectivity index (χ2n) is 24.6. The Morgan fingerprint density at radius 2 is 1.03 bits per heavy atom. The van der Waals surface area contributed by atoms with E-state index in [-0.39, 0.29) is 42.7 Å². The van der Waals surface area contributed by atoms with Crippen molar-refractivity contribution in [3.63, 3.8) is 0 Å². The predicted octanol–water partition coefficient (Wildman–Crippen LogP) is 17.8. The molecule has 6 heteroatoms. The van der Waals surface area contributed by atoms with Crippen molar-refractivity contribution in [3.05, 3.63) is 211 Å². The minimum Gasteiger partial charge on any atom is -0.510 e. The van der Waals surface area contributed by atoms with E-state index >= 15 is 0 Å². The number of rotatable bonds is 5. The van der Waals surface area contributed by atoms with Gasteiger partial charge in [-0.2, -0.15) is 18.2 Å². The first-order valence-electron chi connectivity index (χ1n) is 26.4. The molecule has 76 heavy (non-hydrogen) atoms. The molecule has 3 aromatic heterocycles. The number of aromatic nitrogens is 4. The molecule has 12 rings (SSSR count). The number of fused-ring (bicyclic) bond motifs is 10. The molecule has 5 nitrogen and oxygen atoms in total. The first-order chi connectivity index (χ1) is 35.7. The van der Waals surface area contributed by atoms with Crippen LogP contribution in [0, 0.1) is 18.5 Å². The fourth-order valence-electron chi connectivity index (χ4n) is 10.9. The normalized spacial score (nSPS) is 12.6. The van der Waals surface area contributed by atoms with Crippen LogP contribution in [0.15, 0.2) is 170 Å². The van der Waals surface area contributed by atoms with Gasteiger partial charge in [0.15, 0.2) is 0 Å². The number of nitrogens with zero attached hydrogens (tertiary/aromatic N) is 4. The van der Waals surface area contributed by atoms with Gasteiger partial charge < -0.3 is 13.9 Å². The van der Waals surface area contributed by atoms with Gasteiger partial charge in [-0.05, 0) is 118 Å². The molecule has 1 aliphatic heterocycles. The van der Waals surface area contributed by atoms with Crippen LogP contribution in [0.5, 0.6) is 11.5 Å². The minimum atomic E-state index is -0.0734. The maximum atomic E-state index is 6.81. The van der Waals surface area contributed by atoms with E-state index < -0.39 is 0 Å². The largest absolute Gasteiger partial charge is 0.510 e. The van der Waals surface area contributed by atoms with Crippen LogP contribution in [0.4, 0.5) is 0 Å². The third-order valence-electron chi connectivity index (χ3n) is 15.2. The summed E-state index contributed by atoms with van der Waals surface area (Å²) in [5, 5.41) is 2.22. The summed E-state index contributed by atoms with van der Waals surface area (Å²) in [7, 11) is 0. The van der Waals surface area contributed by atoms with E-state index in [1.807, 2.05) is 24.4 Å². The average Bonchev–Trinajstić information content (AvgIpc) is 3.96. The van der Waals surface area contributed by atoms with Crippen LogP contribution in [-0.2, 0) is 42.7 Å². The molecular weight excluding hydrogens is 1110 g/mol. The van der Waals surface area contributed by atoms with Crippen molar-refractivity contribution in [2.45, 2.75) is 105 Å². The van der Waals surface area contributed by atoms with Crippen LogP contribution < -0.4 is 9.30 Å². The van der Waals surface area contributed by atoms with Gasteiger partial charge in [0.1, 0.15) is 5.82 Å². The van der Waals surface area contributed by atoms with E-state index in [1.54, 1.807) is 0 Å². The Balaban J connectivity index is 0.00000616. The Bertz CT molecular complexity index is 4050. The van der Waals surface area contributed by atoms with Crippen molar-refractivity contribution < 1.29 is 30.4 Å². The Kier molecular flexibility index (Phi) is 12.3. The molecule has 0 atom stereocenters. The van der Waals surface area contributed by atoms with Crippen LogP contribution in [-0.4, -0.2) is 14.1 Å². The number of pyridine rings is 1. The molecule has 382 valence electrons. The third-order valence-corrected chi connectivity index (χ3v) is 15.2. The summed E-state index contributed by atoms with van der Waals surface area (Å²) in [4.78, 5) is 4.91. The van der Waals surface area contributed by atoms with Gasteiger partial charge in [0.05, 0.1) is 16.7 Å². The van der Waals surface area contributed by atoms with E-state index in [0.29, 0.717) is 11.5 Å². The standard InChI is InChI=1S/C70H64N4O.Pt/c1-67(2,3)45-30-32-55-53-22-13-14-23-54(53)58-26-18-25-52(44-36-47(69(7,8)9)38-48(37-44)70(10,11)12)65(58)73-43-72(62-29-19-27-59(66(62)73)60(55)39-45)49-20-17-21-50(41-49)75-51-31-33-57-56-24-15-16-28-61(56)74(63(57)42-51)64-40-46(34-35-71-64)68(4,5)6;/h13-40H,1-12H3;/q-2;. The van der Waals surface area contributed by atoms with E-state index in [4.69, 9.17) is 9.72 Å². The fourth-order valence-corrected chi connectivity index (χ4v) is 10.9. The first kappa shape index (κ1) is 50.8. The van der Waals surface area contributed by atoms with E-state index in [2.05, 4.69) is 261 Å². The monoisotopic (exact) mass is 1170 g/mol. The molecule has 0 amide bonds. The SMILES string of the molecule is CC(C)(C)c1cc(-c2cccc3c2-[n+]2[c-]n(-c4[c-]c(Oc5[c-]c6c(cc5)c5ccccc5n6-c5cc(C(C)(C)C)ccn5)ccc4)c4cccc(c42)-c2cc(C(C)(C)C)ccc2-c2ccccc2-3)cc(C(C)(C)C)c1.[Pt]. The molecular formula is C70H64N4OPt-2. The number of imidazole rings is 1. The smallest absolute Gasteiger partial charge is 0.268 e. The number of para-hydroxylation sites is 3. The van der Waals surface area contributed by atoms with Gasteiger partial charge in [-0.3, -0.25) is 4.57 Å². The van der Waals surface area contributed by atoms with Crippen LogP contribution in [0.2, 0.25) is 0 Å². The molecule has 11 aromatic rings. The van der Waals surface area contributed by atoms with Crippen molar-refractivity contribution >= 4 is 32.8 Å². The molecule has 0 saturated heterocycles. The van der Waals surface area contributed by atoms with Crippen LogP contribution in [0.1, 0.15) is 105 Å². The second kappa shape index (κ2) is 18.5. The molecule has 0 bridgehead atoms. The summed E-state index contributed by atoms with van der Waals surface area (Å²) in [6.07, 6.45) is 5.91. The molecule has 8 aromatic carbocycles. The quantitative estimate of drug-likeness (QED) is 0.127. The first-order valence-corrected chi connectivity index (χ1v) is 26.4. The van der Waals surface area contributed by atoms with Crippen molar-refractivity contribution in [3.8, 4) is 73.2 Å². The summed E-state index contributed by atoms with van der Waals surface area (Å²) >= 11 is 0. The second-order valence-corrected chi connectivity index (χ2v) is 24.6. The molecule has 1 aliphatic rings. The van der Waals surface area contributed by atoms with Gasteiger partial charge in [0.2, 0.25) is 0 Å². The van der Waals surface area contributed by atoms with Crippen molar-refractivity contribution in [1.82, 2.24) is 14.1 Å². The van der Waals surface area contributed by atoms with Gasteiger partial charge >= 0.3 is 0 Å². The Morgan fingerprint density at radius 1 is 0.447 bits per heavy atom. The average molecular weight is 1170 g/mol. The zero-order valence-electron chi connectivity index (χ0n) is 45.7. The van der Waals surface area contributed by atoms with Gasteiger partial charge in [-0.15, -0.1) is 29.7 Å². The van der Waals surface area contributed by atoms with E-state index in [9.17, 15) is 0 Å². The number of hydrogen-bond acceptors (Lipinski definition) is 2. The Labute approximate surface area is 463 Å². The zero-order valence-corrected chi connectivity index (χ0v) is 48.0. The van der Waals surface area contributed by atoms with Crippen molar-refractivity contribution in [1.29, 1.82) is 0 Å².